The van der Waals surface area contributed by atoms with Gasteiger partial charge in [0, 0.05) is 98.7 Å². The molecule has 0 radical (unpaired) electrons. The Balaban J connectivity index is 0.849. The summed E-state index contributed by atoms with van der Waals surface area (Å²) in [5.74, 6) is 0. The van der Waals surface area contributed by atoms with E-state index in [0.29, 0.717) is 0 Å². The molecule has 0 saturated heterocycles. The van der Waals surface area contributed by atoms with E-state index in [0.717, 1.165) is 45.5 Å². The van der Waals surface area contributed by atoms with E-state index in [-0.39, 0.29) is 24.3 Å². The first-order valence-electron chi connectivity index (χ1n) is 32.1. The largest absolute Gasteiger partial charge is 0.311 e. The molecule has 434 valence electrons. The molecule has 13 aromatic carbocycles. The Labute approximate surface area is 547 Å². The molecule has 0 saturated carbocycles. The summed E-state index contributed by atoms with van der Waals surface area (Å²) in [6, 6.07) is 109. The molecule has 0 amide bonds. The second kappa shape index (κ2) is 20.2. The first-order chi connectivity index (χ1) is 45.2. The van der Waals surface area contributed by atoms with Crippen LogP contribution in [0.1, 0.15) is 49.9 Å². The lowest BCUT2D eigenvalue weighted by Gasteiger charge is -2.45. The van der Waals surface area contributed by atoms with Crippen molar-refractivity contribution in [3.05, 3.63) is 313 Å². The average Bonchev–Trinajstić information content (AvgIpc) is 1.16. The zero-order chi connectivity index (χ0) is 61.1. The molecule has 0 bridgehead atoms. The molecule has 0 unspecified atom stereocenters. The Bertz CT molecular complexity index is 4800. The van der Waals surface area contributed by atoms with Crippen molar-refractivity contribution in [1.29, 1.82) is 0 Å². The number of para-hydroxylation sites is 6. The molecule has 0 fully saturated rings. The van der Waals surface area contributed by atoms with Gasteiger partial charge in [-0.25, -0.2) is 0 Å². The Hall–Kier alpha value is -10.1. The van der Waals surface area contributed by atoms with Gasteiger partial charge in [-0.05, 0) is 194 Å². The van der Waals surface area contributed by atoms with E-state index in [1.807, 2.05) is 23.5 Å². The van der Waals surface area contributed by atoms with Crippen LogP contribution in [-0.4, -0.2) is 13.4 Å². The van der Waals surface area contributed by atoms with Crippen molar-refractivity contribution >= 4 is 138 Å². The lowest BCUT2D eigenvalue weighted by molar-refractivity contribution is 0.648. The molecule has 0 aromatic heterocycles. The summed E-state index contributed by atoms with van der Waals surface area (Å²) in [5, 5.41) is 0. The van der Waals surface area contributed by atoms with E-state index in [1.165, 1.54) is 120 Å². The predicted octanol–water partition coefficient (Wildman–Crippen LogP) is 18.8. The number of fused-ring (bicyclic) bond motifs is 16. The Morgan fingerprint density at radius 3 is 1.00 bits per heavy atom. The van der Waals surface area contributed by atoms with Crippen LogP contribution in [0.25, 0.3) is 22.3 Å². The van der Waals surface area contributed by atoms with Crippen LogP contribution in [0.3, 0.4) is 0 Å². The Morgan fingerprint density at radius 1 is 0.293 bits per heavy atom. The third-order valence-electron chi connectivity index (χ3n) is 20.6. The first-order valence-corrected chi connectivity index (χ1v) is 33.8. The molecule has 4 heterocycles. The number of rotatable bonds is 8. The molecule has 0 spiro atoms. The summed E-state index contributed by atoms with van der Waals surface area (Å²) >= 11 is 3.97. The van der Waals surface area contributed by atoms with Gasteiger partial charge >= 0.3 is 0 Å². The zero-order valence-electron chi connectivity index (χ0n) is 51.5. The fraction of sp³-hybridized carbons (Fsp3) is 0.0714. The molecule has 4 nitrogen and oxygen atoms in total. The van der Waals surface area contributed by atoms with Gasteiger partial charge in [0.2, 0.25) is 13.4 Å². The van der Waals surface area contributed by atoms with Gasteiger partial charge in [0.15, 0.2) is 0 Å². The molecule has 13 aromatic rings. The van der Waals surface area contributed by atoms with Crippen LogP contribution in [-0.2, 0) is 10.8 Å². The summed E-state index contributed by atoms with van der Waals surface area (Å²) in [6.07, 6.45) is 0. The van der Waals surface area contributed by atoms with Gasteiger partial charge in [0.1, 0.15) is 0 Å². The minimum atomic E-state index is -0.334. The monoisotopic (exact) mass is 1210 g/mol. The van der Waals surface area contributed by atoms with Gasteiger partial charge in [-0.3, -0.25) is 0 Å². The van der Waals surface area contributed by atoms with Crippen molar-refractivity contribution in [1.82, 2.24) is 0 Å². The quantitative estimate of drug-likeness (QED) is 0.140. The number of benzene rings is 13. The lowest BCUT2D eigenvalue weighted by atomic mass is 9.31. The highest BCUT2D eigenvalue weighted by Gasteiger charge is 2.51. The van der Waals surface area contributed by atoms with Gasteiger partial charge in [-0.1, -0.05) is 226 Å². The van der Waals surface area contributed by atoms with Crippen LogP contribution in [0.15, 0.2) is 311 Å². The Morgan fingerprint density at radius 2 is 0.630 bits per heavy atom. The molecule has 8 heteroatoms. The van der Waals surface area contributed by atoms with Crippen LogP contribution in [0.4, 0.5) is 68.2 Å². The van der Waals surface area contributed by atoms with Crippen molar-refractivity contribution in [2.24, 2.45) is 0 Å². The van der Waals surface area contributed by atoms with Gasteiger partial charge in [0.25, 0.3) is 0 Å². The van der Waals surface area contributed by atoms with Crippen LogP contribution in [0.5, 0.6) is 0 Å². The van der Waals surface area contributed by atoms with Gasteiger partial charge in [-0.2, -0.15) is 0 Å². The number of hydrogen-bond acceptors (Lipinski definition) is 6. The van der Waals surface area contributed by atoms with Crippen molar-refractivity contribution in [3.63, 3.8) is 0 Å². The topological polar surface area (TPSA) is 13.0 Å². The molecule has 0 N–H and O–H groups in total. The van der Waals surface area contributed by atoms with E-state index in [4.69, 9.17) is 0 Å². The summed E-state index contributed by atoms with van der Waals surface area (Å²) in [5.41, 5.74) is 32.3. The second-order valence-electron chi connectivity index (χ2n) is 26.3. The van der Waals surface area contributed by atoms with Crippen molar-refractivity contribution in [2.75, 3.05) is 19.6 Å². The molecule has 0 atom stereocenters. The lowest BCUT2D eigenvalue weighted by Crippen LogP contribution is -2.64. The number of hydrogen-bond donors (Lipinski definition) is 0. The number of nitrogens with zero attached hydrogens (tertiary/aromatic N) is 4. The minimum absolute atomic E-state index is 0.0435. The molecule has 92 heavy (non-hydrogen) atoms. The SMILES string of the molecule is CC1(C)c2cc(N(c3ccccc3)c3ccccc3)ccc2-c2cc3c4c(c21)Sc1ccccc1B4c1cc2c(cc1N3c1ccccc1)N(c1ccccc1)c1cc3c(c4c1B2c1ccccc1S4)C(C)(C)c1cc(N(c2ccccc2)c2ccccc2)ccc1-3. The molecule has 2 aliphatic carbocycles. The smallest absolute Gasteiger partial charge is 0.249 e. The van der Waals surface area contributed by atoms with Gasteiger partial charge in [0.05, 0.1) is 0 Å². The molecular weight excluding hydrogens is 1150 g/mol. The summed E-state index contributed by atoms with van der Waals surface area (Å²) in [6.45, 7) is 9.81. The predicted molar refractivity (Wildman–Crippen MR) is 391 cm³/mol. The van der Waals surface area contributed by atoms with Crippen LogP contribution in [0, 0.1) is 0 Å². The molecule has 19 rings (SSSR count). The fourth-order valence-electron chi connectivity index (χ4n) is 16.7. The van der Waals surface area contributed by atoms with Crippen molar-refractivity contribution < 1.29 is 0 Å². The van der Waals surface area contributed by atoms with E-state index in [1.54, 1.807) is 0 Å². The maximum absolute atomic E-state index is 2.69. The van der Waals surface area contributed by atoms with E-state index in [2.05, 4.69) is 338 Å². The Kier molecular flexibility index (Phi) is 11.8. The molecule has 4 aliphatic heterocycles. The van der Waals surface area contributed by atoms with Crippen LogP contribution < -0.4 is 52.4 Å². The molecular formula is C84H60B2N4S2. The van der Waals surface area contributed by atoms with Crippen LogP contribution in [0.2, 0.25) is 0 Å². The molecule has 6 aliphatic rings. The normalized spacial score (nSPS) is 14.7. The standard InChI is InChI=1S/C84H60B2N4S2/c1-83(2)65-47-59(87(53-27-11-5-12-28-53)54-29-13-6-14-30-54)43-45-61(65)63-49-73-79-81(77(63)83)91-75-41-25-23-39-67(75)85(79)69-51-70-72(52-71(69)89(73)57-35-19-9-20-36-57)90(58-37-21-10-22-38-58)74-50-64-62-46-44-60(88(55-31-15-7-16-32-55)56-33-17-8-18-34-56)48-66(62)84(3,4)78(64)82-80(74)86(70)68-40-24-26-42-76(68)92-82/h5-52H,1-4H3. The maximum Gasteiger partial charge on any atom is 0.249 e. The zero-order valence-corrected chi connectivity index (χ0v) is 53.1. The summed E-state index contributed by atoms with van der Waals surface area (Å²) in [7, 11) is 0. The van der Waals surface area contributed by atoms with E-state index >= 15 is 0 Å². The highest BCUT2D eigenvalue weighted by molar-refractivity contribution is 8.00. The third kappa shape index (κ3) is 7.71. The first kappa shape index (κ1) is 53.7. The maximum atomic E-state index is 2.69. The highest BCUT2D eigenvalue weighted by atomic mass is 32.2. The average molecular weight is 1210 g/mol. The van der Waals surface area contributed by atoms with Crippen molar-refractivity contribution in [2.45, 2.75) is 58.1 Å². The fourth-order valence-corrected chi connectivity index (χ4v) is 19.6. The third-order valence-corrected chi connectivity index (χ3v) is 23.0. The van der Waals surface area contributed by atoms with Crippen molar-refractivity contribution in [3.8, 4) is 22.3 Å². The van der Waals surface area contributed by atoms with E-state index in [9.17, 15) is 0 Å². The van der Waals surface area contributed by atoms with E-state index < -0.39 is 0 Å². The van der Waals surface area contributed by atoms with Crippen LogP contribution >= 0.6 is 23.5 Å². The van der Waals surface area contributed by atoms with Gasteiger partial charge in [-0.15, -0.1) is 0 Å². The van der Waals surface area contributed by atoms with Gasteiger partial charge < -0.3 is 19.6 Å². The summed E-state index contributed by atoms with van der Waals surface area (Å²) < 4.78 is 0. The summed E-state index contributed by atoms with van der Waals surface area (Å²) in [4.78, 5) is 15.5. The second-order valence-corrected chi connectivity index (χ2v) is 28.4. The highest BCUT2D eigenvalue weighted by Crippen LogP contribution is 2.60. The number of anilines is 12. The minimum Gasteiger partial charge on any atom is -0.311 e.